The molecular weight excluding hydrogens is 358 g/mol. The van der Waals surface area contributed by atoms with E-state index in [1.807, 2.05) is 30.5 Å². The van der Waals surface area contributed by atoms with Crippen LogP contribution in [-0.2, 0) is 0 Å². The lowest BCUT2D eigenvalue weighted by molar-refractivity contribution is 0.103. The lowest BCUT2D eigenvalue weighted by Gasteiger charge is -2.13. The molecule has 0 spiro atoms. The van der Waals surface area contributed by atoms with Crippen molar-refractivity contribution in [2.45, 2.75) is 0 Å². The fraction of sp³-hybridized carbons (Fsp3) is 0.143. The molecule has 0 atom stereocenters. The molecule has 2 aromatic carbocycles. The van der Waals surface area contributed by atoms with Gasteiger partial charge in [-0.3, -0.25) is 4.79 Å². The predicted octanol–water partition coefficient (Wildman–Crippen LogP) is 3.81. The third kappa shape index (κ3) is 2.96. The second-order valence-electron chi connectivity index (χ2n) is 6.16. The number of ketones is 1. The second kappa shape index (κ2) is 7.11. The number of aromatic amines is 2. The Bertz CT molecular complexity index is 1130. The number of carbonyl (C=O) groups excluding carboxylic acids is 1. The van der Waals surface area contributed by atoms with Crippen LogP contribution in [0.3, 0.4) is 0 Å². The summed E-state index contributed by atoms with van der Waals surface area (Å²) in [5, 5.41) is 1.08. The largest absolute Gasteiger partial charge is 0.493 e. The van der Waals surface area contributed by atoms with Crippen LogP contribution in [0.1, 0.15) is 16.1 Å². The lowest BCUT2D eigenvalue weighted by Crippen LogP contribution is -2.04. The summed E-state index contributed by atoms with van der Waals surface area (Å²) in [5.41, 5.74) is 2.65. The highest BCUT2D eigenvalue weighted by Gasteiger charge is 2.20. The molecule has 4 aromatic rings. The highest BCUT2D eigenvalue weighted by Crippen LogP contribution is 2.38. The van der Waals surface area contributed by atoms with Crippen LogP contribution in [-0.4, -0.2) is 42.1 Å². The topological polar surface area (TPSA) is 89.2 Å². The third-order valence-electron chi connectivity index (χ3n) is 4.56. The van der Waals surface area contributed by atoms with Gasteiger partial charge in [-0.05, 0) is 36.4 Å². The molecule has 142 valence electrons. The molecule has 0 amide bonds. The van der Waals surface area contributed by atoms with Gasteiger partial charge in [0.1, 0.15) is 11.5 Å². The van der Waals surface area contributed by atoms with Crippen molar-refractivity contribution in [1.29, 1.82) is 0 Å². The van der Waals surface area contributed by atoms with Crippen LogP contribution in [0.2, 0.25) is 0 Å². The Labute approximate surface area is 161 Å². The first-order chi connectivity index (χ1) is 13.6. The van der Waals surface area contributed by atoms with Gasteiger partial charge in [-0.2, -0.15) is 0 Å². The van der Waals surface area contributed by atoms with E-state index in [2.05, 4.69) is 15.0 Å². The fourth-order valence-electron chi connectivity index (χ4n) is 3.15. The van der Waals surface area contributed by atoms with Crippen molar-refractivity contribution >= 4 is 16.7 Å². The minimum atomic E-state index is -0.246. The summed E-state index contributed by atoms with van der Waals surface area (Å²) in [5.74, 6) is 1.64. The molecule has 0 unspecified atom stereocenters. The van der Waals surface area contributed by atoms with Crippen LogP contribution in [0, 0.1) is 0 Å². The molecule has 0 aliphatic heterocycles. The molecule has 2 heterocycles. The summed E-state index contributed by atoms with van der Waals surface area (Å²) in [6.07, 6.45) is 3.48. The summed E-state index contributed by atoms with van der Waals surface area (Å²) in [4.78, 5) is 23.7. The minimum Gasteiger partial charge on any atom is -0.493 e. The molecule has 28 heavy (non-hydrogen) atoms. The van der Waals surface area contributed by atoms with Crippen LogP contribution < -0.4 is 14.2 Å². The number of hydrogen-bond acceptors (Lipinski definition) is 5. The van der Waals surface area contributed by atoms with E-state index in [1.54, 1.807) is 18.3 Å². The molecule has 2 N–H and O–H groups in total. The molecule has 4 rings (SSSR count). The number of hydrogen-bond donors (Lipinski definition) is 2. The summed E-state index contributed by atoms with van der Waals surface area (Å²) in [6, 6.07) is 11.2. The molecule has 0 saturated carbocycles. The molecular formula is C21H19N3O4. The van der Waals surface area contributed by atoms with E-state index in [9.17, 15) is 4.79 Å². The Morgan fingerprint density at radius 3 is 2.36 bits per heavy atom. The number of nitrogens with zero attached hydrogens (tertiary/aromatic N) is 1. The Morgan fingerprint density at radius 1 is 0.929 bits per heavy atom. The number of H-pyrrole nitrogens is 2. The minimum absolute atomic E-state index is 0.246. The third-order valence-corrected chi connectivity index (χ3v) is 4.56. The molecule has 7 heteroatoms. The van der Waals surface area contributed by atoms with Crippen LogP contribution >= 0.6 is 0 Å². The number of imidazole rings is 1. The van der Waals surface area contributed by atoms with Crippen molar-refractivity contribution in [3.8, 4) is 28.6 Å². The summed E-state index contributed by atoms with van der Waals surface area (Å²) >= 11 is 0. The van der Waals surface area contributed by atoms with Gasteiger partial charge in [0.05, 0.1) is 21.3 Å². The predicted molar refractivity (Wildman–Crippen MR) is 105 cm³/mol. The molecule has 0 bridgehead atoms. The van der Waals surface area contributed by atoms with Crippen LogP contribution in [0.4, 0.5) is 0 Å². The number of methoxy groups -OCH3 is 3. The zero-order valence-corrected chi connectivity index (χ0v) is 15.7. The molecule has 0 radical (unpaired) electrons. The first-order valence-corrected chi connectivity index (χ1v) is 8.62. The number of nitrogens with one attached hydrogen (secondary N) is 2. The average molecular weight is 377 g/mol. The van der Waals surface area contributed by atoms with Crippen molar-refractivity contribution < 1.29 is 19.0 Å². The molecule has 0 saturated heterocycles. The van der Waals surface area contributed by atoms with E-state index in [0.29, 0.717) is 34.3 Å². The normalized spacial score (nSPS) is 10.8. The van der Waals surface area contributed by atoms with Gasteiger partial charge in [-0.1, -0.05) is 0 Å². The zero-order chi connectivity index (χ0) is 19.7. The highest BCUT2D eigenvalue weighted by atomic mass is 16.5. The van der Waals surface area contributed by atoms with Crippen LogP contribution in [0.15, 0.2) is 48.8 Å². The van der Waals surface area contributed by atoms with Crippen molar-refractivity contribution in [1.82, 2.24) is 15.0 Å². The first kappa shape index (κ1) is 17.7. The van der Waals surface area contributed by atoms with Gasteiger partial charge in [-0.25, -0.2) is 4.98 Å². The number of rotatable bonds is 6. The maximum absolute atomic E-state index is 13.0. The van der Waals surface area contributed by atoms with Crippen molar-refractivity contribution in [3.63, 3.8) is 0 Å². The van der Waals surface area contributed by atoms with Crippen LogP contribution in [0.5, 0.6) is 17.2 Å². The molecule has 2 aromatic heterocycles. The smallest absolute Gasteiger partial charge is 0.213 e. The average Bonchev–Trinajstić information content (AvgIpc) is 3.40. The van der Waals surface area contributed by atoms with E-state index in [0.717, 1.165) is 16.5 Å². The molecule has 7 nitrogen and oxygen atoms in total. The molecule has 0 fully saturated rings. The van der Waals surface area contributed by atoms with Gasteiger partial charge >= 0.3 is 0 Å². The van der Waals surface area contributed by atoms with Gasteiger partial charge in [0.25, 0.3) is 0 Å². The zero-order valence-electron chi connectivity index (χ0n) is 15.7. The fourth-order valence-corrected chi connectivity index (χ4v) is 3.15. The quantitative estimate of drug-likeness (QED) is 0.499. The van der Waals surface area contributed by atoms with Crippen molar-refractivity contribution in [2.75, 3.05) is 21.3 Å². The highest BCUT2D eigenvalue weighted by molar-refractivity contribution is 6.08. The first-order valence-electron chi connectivity index (χ1n) is 8.62. The van der Waals surface area contributed by atoms with E-state index < -0.39 is 0 Å². The lowest BCUT2D eigenvalue weighted by atomic mass is 10.1. The van der Waals surface area contributed by atoms with Gasteiger partial charge in [0.2, 0.25) is 11.5 Å². The van der Waals surface area contributed by atoms with E-state index >= 15 is 0 Å². The van der Waals surface area contributed by atoms with Gasteiger partial charge in [0, 0.05) is 34.4 Å². The summed E-state index contributed by atoms with van der Waals surface area (Å²) in [7, 11) is 4.54. The Balaban J connectivity index is 1.69. The Hall–Kier alpha value is -3.74. The monoisotopic (exact) mass is 377 g/mol. The van der Waals surface area contributed by atoms with Crippen LogP contribution in [0.25, 0.3) is 22.3 Å². The van der Waals surface area contributed by atoms with Gasteiger partial charge in [0.15, 0.2) is 11.5 Å². The number of carbonyl (C=O) groups is 1. The Kier molecular flexibility index (Phi) is 4.49. The number of ether oxygens (including phenoxy) is 3. The maximum Gasteiger partial charge on any atom is 0.213 e. The summed E-state index contributed by atoms with van der Waals surface area (Å²) in [6.45, 7) is 0. The second-order valence-corrected chi connectivity index (χ2v) is 6.16. The van der Waals surface area contributed by atoms with Gasteiger partial charge < -0.3 is 24.2 Å². The number of aromatic nitrogens is 3. The molecule has 0 aliphatic carbocycles. The van der Waals surface area contributed by atoms with Crippen molar-refractivity contribution in [2.24, 2.45) is 0 Å². The summed E-state index contributed by atoms with van der Waals surface area (Å²) < 4.78 is 16.0. The standard InChI is InChI=1S/C21H19N3O4/c1-26-17-9-14(10-18(27-2)20(17)28-3)19(25)16-11-23-21(24-16)13-4-5-15-12(8-13)6-7-22-15/h4-11,22H,1-3H3,(H,23,24). The van der Waals surface area contributed by atoms with Gasteiger partial charge in [-0.15, -0.1) is 0 Å². The number of benzene rings is 2. The maximum atomic E-state index is 13.0. The molecule has 0 aliphatic rings. The number of fused-ring (bicyclic) bond motifs is 1. The van der Waals surface area contributed by atoms with E-state index in [1.165, 1.54) is 21.3 Å². The SMILES string of the molecule is COc1cc(C(=O)c2c[nH]c(-c3ccc4[nH]ccc4c3)n2)cc(OC)c1OC. The van der Waals surface area contributed by atoms with Crippen molar-refractivity contribution in [3.05, 3.63) is 60.0 Å². The van der Waals surface area contributed by atoms with E-state index in [-0.39, 0.29) is 5.78 Å². The van der Waals surface area contributed by atoms with E-state index in [4.69, 9.17) is 14.2 Å². The Morgan fingerprint density at radius 2 is 1.68 bits per heavy atom.